The third-order valence-electron chi connectivity index (χ3n) is 6.09. The quantitative estimate of drug-likeness (QED) is 0.730. The van der Waals surface area contributed by atoms with E-state index in [1.807, 2.05) is 25.5 Å². The van der Waals surface area contributed by atoms with Gasteiger partial charge in [0, 0.05) is 61.8 Å². The van der Waals surface area contributed by atoms with Crippen molar-refractivity contribution in [1.82, 2.24) is 14.7 Å². The molecule has 1 atom stereocenters. The van der Waals surface area contributed by atoms with E-state index in [-0.39, 0.29) is 11.7 Å². The van der Waals surface area contributed by atoms with E-state index in [1.165, 1.54) is 11.3 Å². The van der Waals surface area contributed by atoms with Crippen LogP contribution in [-0.4, -0.2) is 41.3 Å². The summed E-state index contributed by atoms with van der Waals surface area (Å²) >= 11 is 0. The van der Waals surface area contributed by atoms with Crippen LogP contribution < -0.4 is 10.2 Å². The van der Waals surface area contributed by atoms with Crippen molar-refractivity contribution in [1.29, 1.82) is 0 Å². The lowest BCUT2D eigenvalue weighted by Crippen LogP contribution is -2.43. The second-order valence-corrected chi connectivity index (χ2v) is 8.23. The molecule has 1 N–H and O–H groups in total. The molecule has 2 aromatic heterocycles. The van der Waals surface area contributed by atoms with Crippen LogP contribution in [0.5, 0.6) is 0 Å². The summed E-state index contributed by atoms with van der Waals surface area (Å²) in [4.78, 5) is 19.9. The lowest BCUT2D eigenvalue weighted by molar-refractivity contribution is -0.113. The van der Waals surface area contributed by atoms with Gasteiger partial charge in [-0.3, -0.25) is 9.78 Å². The van der Waals surface area contributed by atoms with Crippen LogP contribution in [0.15, 0.2) is 42.9 Å². The highest BCUT2D eigenvalue weighted by Gasteiger charge is 2.24. The molecule has 1 fully saturated rings. The molecule has 1 aliphatic carbocycles. The van der Waals surface area contributed by atoms with Gasteiger partial charge < -0.3 is 14.6 Å². The van der Waals surface area contributed by atoms with Crippen LogP contribution in [0.2, 0.25) is 0 Å². The number of aryl methyl sites for hydroxylation is 1. The summed E-state index contributed by atoms with van der Waals surface area (Å²) < 4.78 is 2.05. The second-order valence-electron chi connectivity index (χ2n) is 8.23. The Hall–Kier alpha value is -2.92. The molecule has 3 heterocycles. The van der Waals surface area contributed by atoms with E-state index in [2.05, 4.69) is 56.9 Å². The highest BCUT2D eigenvalue weighted by atomic mass is 16.1. The average molecular weight is 386 g/mol. The van der Waals surface area contributed by atoms with Gasteiger partial charge in [-0.2, -0.15) is 0 Å². The first-order valence-corrected chi connectivity index (χ1v) is 10.4. The molecule has 1 saturated heterocycles. The maximum atomic E-state index is 13.1. The fourth-order valence-corrected chi connectivity index (χ4v) is 4.48. The average Bonchev–Trinajstić information content (AvgIpc) is 3.09. The number of benzene rings is 1. The van der Waals surface area contributed by atoms with E-state index in [4.69, 9.17) is 0 Å². The van der Waals surface area contributed by atoms with Crippen molar-refractivity contribution in [2.45, 2.75) is 26.2 Å². The van der Waals surface area contributed by atoms with Gasteiger partial charge in [0.15, 0.2) is 5.78 Å². The smallest absolute Gasteiger partial charge is 0.164 e. The molecule has 5 heteroatoms. The third-order valence-corrected chi connectivity index (χ3v) is 6.09. The first kappa shape index (κ1) is 18.1. The van der Waals surface area contributed by atoms with E-state index in [1.54, 1.807) is 0 Å². The molecule has 5 rings (SSSR count). The predicted octanol–water partition coefficient (Wildman–Crippen LogP) is 3.67. The zero-order valence-corrected chi connectivity index (χ0v) is 17.0. The van der Waals surface area contributed by atoms with Crippen molar-refractivity contribution >= 4 is 28.6 Å². The molecule has 0 saturated carbocycles. The molecule has 1 aromatic carbocycles. The molecule has 148 valence electrons. The Kier molecular flexibility index (Phi) is 4.47. The second kappa shape index (κ2) is 7.16. The predicted molar refractivity (Wildman–Crippen MR) is 117 cm³/mol. The van der Waals surface area contributed by atoms with Gasteiger partial charge >= 0.3 is 0 Å². The molecule has 0 radical (unpaired) electrons. The maximum Gasteiger partial charge on any atom is 0.164 e. The number of ketones is 1. The Bertz CT molecular complexity index is 1120. The van der Waals surface area contributed by atoms with Crippen LogP contribution in [0, 0.1) is 6.92 Å². The van der Waals surface area contributed by atoms with Crippen molar-refractivity contribution in [3.8, 4) is 0 Å². The zero-order chi connectivity index (χ0) is 20.0. The summed E-state index contributed by atoms with van der Waals surface area (Å²) in [6, 6.07) is 8.73. The fraction of sp³-hybridized carbons (Fsp3) is 0.333. The summed E-state index contributed by atoms with van der Waals surface area (Å²) in [5, 5.41) is 3.41. The SMILES string of the molecule is Cc1cn2cc(C3=Cc4ccc(N5CCNCC5)cc4C(C)CC3=O)cc2cn1. The first-order valence-electron chi connectivity index (χ1n) is 10.4. The number of nitrogens with zero attached hydrogens (tertiary/aromatic N) is 3. The Morgan fingerprint density at radius 2 is 1.97 bits per heavy atom. The van der Waals surface area contributed by atoms with Gasteiger partial charge in [0.05, 0.1) is 17.4 Å². The first-order chi connectivity index (χ1) is 14.1. The number of nitrogens with one attached hydrogen (secondary N) is 1. The minimum absolute atomic E-state index is 0.204. The minimum atomic E-state index is 0.204. The number of fused-ring (bicyclic) bond motifs is 2. The van der Waals surface area contributed by atoms with Gasteiger partial charge in [0.1, 0.15) is 0 Å². The lowest BCUT2D eigenvalue weighted by atomic mass is 9.93. The number of carbonyl (C=O) groups excluding carboxylic acids is 1. The number of aromatic nitrogens is 2. The van der Waals surface area contributed by atoms with Crippen LogP contribution in [0.25, 0.3) is 17.2 Å². The summed E-state index contributed by atoms with van der Waals surface area (Å²) in [5.41, 5.74) is 7.41. The molecule has 1 aliphatic heterocycles. The van der Waals surface area contributed by atoms with E-state index >= 15 is 0 Å². The number of rotatable bonds is 2. The summed E-state index contributed by atoms with van der Waals surface area (Å²) in [6.07, 6.45) is 8.51. The summed E-state index contributed by atoms with van der Waals surface area (Å²) in [6.45, 7) is 8.23. The van der Waals surface area contributed by atoms with Crippen molar-refractivity contribution in [3.05, 3.63) is 65.2 Å². The third kappa shape index (κ3) is 3.36. The van der Waals surface area contributed by atoms with Crippen molar-refractivity contribution in [2.75, 3.05) is 31.1 Å². The summed E-state index contributed by atoms with van der Waals surface area (Å²) in [7, 11) is 0. The van der Waals surface area contributed by atoms with Crippen LogP contribution in [-0.2, 0) is 4.79 Å². The molecule has 0 bridgehead atoms. The van der Waals surface area contributed by atoms with E-state index < -0.39 is 0 Å². The fourth-order valence-electron chi connectivity index (χ4n) is 4.48. The molecule has 1 unspecified atom stereocenters. The lowest BCUT2D eigenvalue weighted by Gasteiger charge is -2.30. The van der Waals surface area contributed by atoms with Crippen LogP contribution >= 0.6 is 0 Å². The standard InChI is InChI=1S/C24H26N4O/c1-16-9-24(29)23(19-10-21-13-26-17(2)14-28(21)15-19)11-18-3-4-20(12-22(16)18)27-7-5-25-6-8-27/h3-4,10-16,25H,5-9H2,1-2H3. The molecular formula is C24H26N4O. The van der Waals surface area contributed by atoms with Gasteiger partial charge in [-0.05, 0) is 48.2 Å². The van der Waals surface area contributed by atoms with E-state index in [0.717, 1.165) is 54.1 Å². The normalized spacial score (nSPS) is 19.8. The summed E-state index contributed by atoms with van der Waals surface area (Å²) in [5.74, 6) is 0.410. The zero-order valence-electron chi connectivity index (χ0n) is 17.0. The Balaban J connectivity index is 1.56. The Morgan fingerprint density at radius 1 is 1.14 bits per heavy atom. The molecule has 29 heavy (non-hydrogen) atoms. The van der Waals surface area contributed by atoms with Crippen molar-refractivity contribution < 1.29 is 4.79 Å². The van der Waals surface area contributed by atoms with Crippen molar-refractivity contribution in [2.24, 2.45) is 0 Å². The number of hydrogen-bond acceptors (Lipinski definition) is 4. The van der Waals surface area contributed by atoms with Gasteiger partial charge in [0.25, 0.3) is 0 Å². The van der Waals surface area contributed by atoms with Crippen LogP contribution in [0.3, 0.4) is 0 Å². The largest absolute Gasteiger partial charge is 0.369 e. The molecule has 3 aromatic rings. The number of hydrogen-bond donors (Lipinski definition) is 1. The number of allylic oxidation sites excluding steroid dienone is 1. The van der Waals surface area contributed by atoms with Crippen LogP contribution in [0.4, 0.5) is 5.69 Å². The Labute approximate surface area is 171 Å². The van der Waals surface area contributed by atoms with Gasteiger partial charge in [-0.25, -0.2) is 0 Å². The van der Waals surface area contributed by atoms with E-state index in [9.17, 15) is 4.79 Å². The number of Topliss-reactive ketones (excluding diaryl/α,β-unsaturated/α-hetero) is 1. The van der Waals surface area contributed by atoms with E-state index in [0.29, 0.717) is 6.42 Å². The molecule has 0 spiro atoms. The molecule has 0 amide bonds. The van der Waals surface area contributed by atoms with Crippen LogP contribution in [0.1, 0.15) is 41.6 Å². The number of anilines is 1. The van der Waals surface area contributed by atoms with Gasteiger partial charge in [-0.15, -0.1) is 0 Å². The molecular weight excluding hydrogens is 360 g/mol. The highest BCUT2D eigenvalue weighted by molar-refractivity contribution is 6.26. The molecule has 5 nitrogen and oxygen atoms in total. The van der Waals surface area contributed by atoms with Crippen molar-refractivity contribution in [3.63, 3.8) is 0 Å². The Morgan fingerprint density at radius 3 is 2.79 bits per heavy atom. The minimum Gasteiger partial charge on any atom is -0.369 e. The number of carbonyl (C=O) groups is 1. The van der Waals surface area contributed by atoms with Gasteiger partial charge in [-0.1, -0.05) is 13.0 Å². The van der Waals surface area contributed by atoms with Gasteiger partial charge in [0.2, 0.25) is 0 Å². The maximum absolute atomic E-state index is 13.1. The topological polar surface area (TPSA) is 49.6 Å². The molecule has 2 aliphatic rings. The monoisotopic (exact) mass is 386 g/mol. The number of piperazine rings is 1. The highest BCUT2D eigenvalue weighted by Crippen LogP contribution is 2.36.